The molecule has 2 aromatic carbocycles. The summed E-state index contributed by atoms with van der Waals surface area (Å²) in [6, 6.07) is 10.0. The fourth-order valence-electron chi connectivity index (χ4n) is 3.46. The first-order valence-corrected chi connectivity index (χ1v) is 11.0. The first kappa shape index (κ1) is 21.8. The minimum absolute atomic E-state index is 0.137. The Kier molecular flexibility index (Phi) is 7.21. The van der Waals surface area contributed by atoms with Crippen LogP contribution in [0.25, 0.3) is 10.9 Å². The van der Waals surface area contributed by atoms with Gasteiger partial charge in [-0.05, 0) is 36.8 Å². The van der Waals surface area contributed by atoms with Crippen LogP contribution in [-0.2, 0) is 4.74 Å². The quantitative estimate of drug-likeness (QED) is 0.412. The SMILES string of the molecule is COc1cc2c(Oc3ccc(Br)cc3F)ccnc2cc1OCCCN1CCOCC1. The number of hydrogen-bond donors (Lipinski definition) is 0. The molecule has 3 aromatic rings. The standard InChI is InChI=1S/C23H24BrFN2O4/c1-28-22-14-17-19(15-23(22)30-10-2-7-27-8-11-29-12-9-27)26-6-5-20(17)31-21-4-3-16(24)13-18(21)25/h3-6,13-15H,2,7-12H2,1H3. The lowest BCUT2D eigenvalue weighted by Gasteiger charge is -2.26. The van der Waals surface area contributed by atoms with Gasteiger partial charge in [0.2, 0.25) is 0 Å². The summed E-state index contributed by atoms with van der Waals surface area (Å²) in [5, 5.41) is 0.710. The topological polar surface area (TPSA) is 53.0 Å². The average Bonchev–Trinajstić information content (AvgIpc) is 2.79. The maximum Gasteiger partial charge on any atom is 0.166 e. The number of hydrogen-bond acceptors (Lipinski definition) is 6. The largest absolute Gasteiger partial charge is 0.493 e. The molecule has 1 saturated heterocycles. The molecular formula is C23H24BrFN2O4. The zero-order valence-corrected chi connectivity index (χ0v) is 18.9. The number of ether oxygens (including phenoxy) is 4. The summed E-state index contributed by atoms with van der Waals surface area (Å²) in [5.74, 6) is 1.37. The number of morpholine rings is 1. The smallest absolute Gasteiger partial charge is 0.166 e. The van der Waals surface area contributed by atoms with E-state index in [1.807, 2.05) is 12.1 Å². The minimum atomic E-state index is -0.452. The zero-order chi connectivity index (χ0) is 21.6. The Hall–Kier alpha value is -2.42. The molecular weight excluding hydrogens is 467 g/mol. The summed E-state index contributed by atoms with van der Waals surface area (Å²) in [4.78, 5) is 6.79. The van der Waals surface area contributed by atoms with Crippen LogP contribution in [0.1, 0.15) is 6.42 Å². The van der Waals surface area contributed by atoms with Gasteiger partial charge in [-0.15, -0.1) is 0 Å². The molecule has 1 aromatic heterocycles. The van der Waals surface area contributed by atoms with Crippen molar-refractivity contribution in [2.45, 2.75) is 6.42 Å². The number of nitrogens with zero attached hydrogens (tertiary/aromatic N) is 2. The van der Waals surface area contributed by atoms with E-state index in [2.05, 4.69) is 25.8 Å². The van der Waals surface area contributed by atoms with Crippen molar-refractivity contribution in [1.29, 1.82) is 0 Å². The van der Waals surface area contributed by atoms with Crippen LogP contribution >= 0.6 is 15.9 Å². The highest BCUT2D eigenvalue weighted by molar-refractivity contribution is 9.10. The van der Waals surface area contributed by atoms with Gasteiger partial charge < -0.3 is 18.9 Å². The maximum atomic E-state index is 14.2. The van der Waals surface area contributed by atoms with Gasteiger partial charge in [-0.1, -0.05) is 15.9 Å². The van der Waals surface area contributed by atoms with Gasteiger partial charge in [0.25, 0.3) is 0 Å². The Labute approximate surface area is 189 Å². The van der Waals surface area contributed by atoms with E-state index in [4.69, 9.17) is 18.9 Å². The molecule has 0 saturated carbocycles. The number of pyridine rings is 1. The second-order valence-electron chi connectivity index (χ2n) is 7.16. The van der Waals surface area contributed by atoms with Crippen LogP contribution in [0.4, 0.5) is 4.39 Å². The Bertz CT molecular complexity index is 1040. The molecule has 1 aliphatic heterocycles. The van der Waals surface area contributed by atoms with Crippen LogP contribution in [0, 0.1) is 5.82 Å². The number of fused-ring (bicyclic) bond motifs is 1. The maximum absolute atomic E-state index is 14.2. The van der Waals surface area contributed by atoms with Gasteiger partial charge >= 0.3 is 0 Å². The Morgan fingerprint density at radius 2 is 1.90 bits per heavy atom. The predicted octanol–water partition coefficient (Wildman–Crippen LogP) is 5.04. The van der Waals surface area contributed by atoms with Crippen molar-refractivity contribution in [3.63, 3.8) is 0 Å². The summed E-state index contributed by atoms with van der Waals surface area (Å²) in [6.45, 7) is 5.04. The number of aromatic nitrogens is 1. The zero-order valence-electron chi connectivity index (χ0n) is 17.3. The van der Waals surface area contributed by atoms with Crippen LogP contribution in [0.15, 0.2) is 47.1 Å². The lowest BCUT2D eigenvalue weighted by atomic mass is 10.1. The molecule has 0 spiro atoms. The van der Waals surface area contributed by atoms with Crippen LogP contribution < -0.4 is 14.2 Å². The van der Waals surface area contributed by atoms with Gasteiger partial charge in [0.1, 0.15) is 5.75 Å². The molecule has 1 aliphatic rings. The first-order chi connectivity index (χ1) is 15.1. The van der Waals surface area contributed by atoms with Crippen molar-refractivity contribution in [3.8, 4) is 23.0 Å². The Morgan fingerprint density at radius 1 is 1.06 bits per heavy atom. The number of rotatable bonds is 8. The van der Waals surface area contributed by atoms with E-state index in [-0.39, 0.29) is 5.75 Å². The molecule has 0 radical (unpaired) electrons. The van der Waals surface area contributed by atoms with Crippen molar-refractivity contribution < 1.29 is 23.3 Å². The molecule has 164 valence electrons. The third-order valence-electron chi connectivity index (χ3n) is 5.08. The third kappa shape index (κ3) is 5.44. The normalized spacial score (nSPS) is 14.5. The monoisotopic (exact) mass is 490 g/mol. The van der Waals surface area contributed by atoms with Crippen LogP contribution in [0.5, 0.6) is 23.0 Å². The Balaban J connectivity index is 1.49. The Morgan fingerprint density at radius 3 is 2.68 bits per heavy atom. The van der Waals surface area contributed by atoms with E-state index in [0.717, 1.165) is 39.3 Å². The summed E-state index contributed by atoms with van der Waals surface area (Å²) >= 11 is 3.25. The van der Waals surface area contributed by atoms with Gasteiger partial charge in [0, 0.05) is 41.8 Å². The predicted molar refractivity (Wildman–Crippen MR) is 120 cm³/mol. The lowest BCUT2D eigenvalue weighted by Crippen LogP contribution is -2.37. The van der Waals surface area contributed by atoms with E-state index in [1.165, 1.54) is 6.07 Å². The molecule has 31 heavy (non-hydrogen) atoms. The van der Waals surface area contributed by atoms with Crippen LogP contribution in [-0.4, -0.2) is 56.4 Å². The molecule has 1 fully saturated rings. The van der Waals surface area contributed by atoms with Crippen molar-refractivity contribution in [1.82, 2.24) is 9.88 Å². The first-order valence-electron chi connectivity index (χ1n) is 10.2. The van der Waals surface area contributed by atoms with Crippen molar-refractivity contribution >= 4 is 26.8 Å². The summed E-state index contributed by atoms with van der Waals surface area (Å²) in [7, 11) is 1.59. The van der Waals surface area contributed by atoms with Crippen molar-refractivity contribution in [2.75, 3.05) is 46.6 Å². The van der Waals surface area contributed by atoms with Gasteiger partial charge in [-0.2, -0.15) is 0 Å². The van der Waals surface area contributed by atoms with Gasteiger partial charge in [-0.3, -0.25) is 9.88 Å². The molecule has 6 nitrogen and oxygen atoms in total. The molecule has 0 bridgehead atoms. The molecule has 0 N–H and O–H groups in total. The second kappa shape index (κ2) is 10.3. The van der Waals surface area contributed by atoms with Gasteiger partial charge in [-0.25, -0.2) is 4.39 Å². The highest BCUT2D eigenvalue weighted by Crippen LogP contribution is 2.37. The molecule has 0 aliphatic carbocycles. The van der Waals surface area contributed by atoms with E-state index >= 15 is 0 Å². The second-order valence-corrected chi connectivity index (χ2v) is 8.08. The molecule has 0 amide bonds. The fourth-order valence-corrected chi connectivity index (χ4v) is 3.79. The lowest BCUT2D eigenvalue weighted by molar-refractivity contribution is 0.0357. The van der Waals surface area contributed by atoms with E-state index < -0.39 is 5.82 Å². The van der Waals surface area contributed by atoms with Gasteiger partial charge in [0.15, 0.2) is 23.1 Å². The average molecular weight is 491 g/mol. The van der Waals surface area contributed by atoms with E-state index in [9.17, 15) is 4.39 Å². The van der Waals surface area contributed by atoms with E-state index in [0.29, 0.717) is 39.2 Å². The number of halogens is 2. The molecule has 2 heterocycles. The number of methoxy groups -OCH3 is 1. The highest BCUT2D eigenvalue weighted by atomic mass is 79.9. The third-order valence-corrected chi connectivity index (χ3v) is 5.57. The minimum Gasteiger partial charge on any atom is -0.493 e. The highest BCUT2D eigenvalue weighted by Gasteiger charge is 2.14. The molecule has 4 rings (SSSR count). The summed E-state index contributed by atoms with van der Waals surface area (Å²) in [6.07, 6.45) is 2.53. The molecule has 8 heteroatoms. The van der Waals surface area contributed by atoms with Crippen molar-refractivity contribution in [3.05, 3.63) is 52.9 Å². The summed E-state index contributed by atoms with van der Waals surface area (Å²) < 4.78 is 37.6. The molecule has 0 atom stereocenters. The fraction of sp³-hybridized carbons (Fsp3) is 0.348. The molecule has 0 unspecified atom stereocenters. The van der Waals surface area contributed by atoms with Crippen LogP contribution in [0.3, 0.4) is 0 Å². The van der Waals surface area contributed by atoms with Gasteiger partial charge in [0.05, 0.1) is 32.4 Å². The summed E-state index contributed by atoms with van der Waals surface area (Å²) in [5.41, 5.74) is 0.680. The van der Waals surface area contributed by atoms with Crippen molar-refractivity contribution in [2.24, 2.45) is 0 Å². The van der Waals surface area contributed by atoms with Crippen LogP contribution in [0.2, 0.25) is 0 Å². The van der Waals surface area contributed by atoms with E-state index in [1.54, 1.807) is 31.5 Å². The number of benzene rings is 2.